The predicted molar refractivity (Wildman–Crippen MR) is 333 cm³/mol. The molecule has 0 spiro atoms. The summed E-state index contributed by atoms with van der Waals surface area (Å²) in [5, 5.41) is 5.17. The molecule has 0 aliphatic heterocycles. The van der Waals surface area contributed by atoms with Gasteiger partial charge in [0.2, 0.25) is 0 Å². The Labute approximate surface area is 460 Å². The lowest BCUT2D eigenvalue weighted by Gasteiger charge is -2.09. The van der Waals surface area contributed by atoms with Crippen LogP contribution in [0.1, 0.15) is 76.3 Å². The summed E-state index contributed by atoms with van der Waals surface area (Å²) in [6.07, 6.45) is 12.5. The minimum absolute atomic E-state index is 1.15. The van der Waals surface area contributed by atoms with E-state index in [0.29, 0.717) is 0 Å². The molecule has 0 unspecified atom stereocenters. The van der Waals surface area contributed by atoms with Crippen LogP contribution in [0.2, 0.25) is 0 Å². The van der Waals surface area contributed by atoms with Gasteiger partial charge in [0.05, 0.1) is 22.1 Å². The number of hydrogen-bond donors (Lipinski definition) is 0. The second-order valence-electron chi connectivity index (χ2n) is 19.8. The quantitative estimate of drug-likeness (QED) is 0.0758. The van der Waals surface area contributed by atoms with Crippen LogP contribution in [0.25, 0.3) is 115 Å². The maximum absolute atomic E-state index is 2.43. The van der Waals surface area contributed by atoms with Gasteiger partial charge in [0.25, 0.3) is 0 Å². The van der Waals surface area contributed by atoms with E-state index in [-0.39, 0.29) is 0 Å². The van der Waals surface area contributed by atoms with Crippen molar-refractivity contribution in [3.8, 4) is 71.3 Å². The van der Waals surface area contributed by atoms with Crippen LogP contribution < -0.4 is 0 Å². The van der Waals surface area contributed by atoms with Crippen LogP contribution in [-0.2, 0) is 12.8 Å². The molecule has 0 saturated carbocycles. The van der Waals surface area contributed by atoms with Gasteiger partial charge in [0, 0.05) is 81.7 Å². The highest BCUT2D eigenvalue weighted by Gasteiger charge is 2.24. The van der Waals surface area contributed by atoms with Gasteiger partial charge in [-0.2, -0.15) is 0 Å². The third-order valence-corrected chi connectivity index (χ3v) is 21.5. The van der Waals surface area contributed by atoms with E-state index in [9.17, 15) is 0 Å². The molecule has 2 nitrogen and oxygen atoms in total. The molecular weight excluding hydrogens is 1010 g/mol. The molecule has 7 aromatic heterocycles. The van der Waals surface area contributed by atoms with E-state index >= 15 is 0 Å². The molecule has 75 heavy (non-hydrogen) atoms. The van der Waals surface area contributed by atoms with E-state index < -0.39 is 0 Å². The van der Waals surface area contributed by atoms with Gasteiger partial charge in [-0.1, -0.05) is 149 Å². The second kappa shape index (κ2) is 21.2. The maximum Gasteiger partial charge on any atom is 0.0541 e. The number of nitrogens with zero attached hydrogens (tertiary/aromatic N) is 2. The molecule has 7 heteroatoms. The molecule has 0 saturated heterocycles. The summed E-state index contributed by atoms with van der Waals surface area (Å²) in [7, 11) is 0. The van der Waals surface area contributed by atoms with Crippen molar-refractivity contribution >= 4 is 100 Å². The Balaban J connectivity index is 0.788. The minimum atomic E-state index is 1.15. The summed E-state index contributed by atoms with van der Waals surface area (Å²) in [6.45, 7) is 4.65. The summed E-state index contributed by atoms with van der Waals surface area (Å²) in [5.41, 5.74) is 13.1. The first kappa shape index (κ1) is 48.1. The average molecular weight is 1060 g/mol. The third-order valence-electron chi connectivity index (χ3n) is 15.0. The number of fused-ring (bicyclic) bond motifs is 6. The zero-order valence-electron chi connectivity index (χ0n) is 42.5. The summed E-state index contributed by atoms with van der Waals surface area (Å²) in [5.74, 6) is 0. The Morgan fingerprint density at radius 2 is 0.587 bits per heavy atom. The number of benzene rings is 6. The van der Waals surface area contributed by atoms with Gasteiger partial charge in [-0.15, -0.1) is 56.7 Å². The molecule has 6 aromatic carbocycles. The fourth-order valence-electron chi connectivity index (χ4n) is 11.3. The summed E-state index contributed by atoms with van der Waals surface area (Å²) in [4.78, 5) is 13.8. The molecule has 7 heterocycles. The lowest BCUT2D eigenvalue weighted by Crippen LogP contribution is -1.95. The highest BCUT2D eigenvalue weighted by molar-refractivity contribution is 7.30. The van der Waals surface area contributed by atoms with Crippen molar-refractivity contribution in [2.24, 2.45) is 0 Å². The normalized spacial score (nSPS) is 11.9. The summed E-state index contributed by atoms with van der Waals surface area (Å²) in [6, 6.07) is 72.3. The molecule has 13 rings (SSSR count). The molecule has 370 valence electrons. The van der Waals surface area contributed by atoms with E-state index in [1.165, 1.54) is 166 Å². The number of thiophene rings is 5. The minimum Gasteiger partial charge on any atom is -0.309 e. The Kier molecular flexibility index (Phi) is 13.6. The first-order valence-electron chi connectivity index (χ1n) is 26.8. The standard InChI is InChI=1S/C68H58N2S5/c1-3-5-7-9-23-53-54(24-10-8-6-4-2)68(66-44-42-64(74-66)62-40-38-60(72-62)46-31-35-48(36-32-46)70-57-27-17-13-21-51(57)52-22-14-18-28-58(52)70)75-67(53)65-43-41-63(73-65)61-39-37-59(71-61)45-29-33-47(34-30-45)69-55-25-15-11-19-49(55)50-20-12-16-26-56(50)69/h11-22,25-44H,3-10,23-24H2,1-2H3. The number of unbranched alkanes of at least 4 members (excludes halogenated alkanes) is 6. The largest absolute Gasteiger partial charge is 0.309 e. The van der Waals surface area contributed by atoms with Gasteiger partial charge in [-0.25, -0.2) is 0 Å². The fourth-order valence-corrected chi connectivity index (χ4v) is 17.2. The average Bonchev–Trinajstić information content (AvgIpc) is 4.34. The van der Waals surface area contributed by atoms with Crippen molar-refractivity contribution in [1.82, 2.24) is 9.13 Å². The molecule has 0 bridgehead atoms. The van der Waals surface area contributed by atoms with Crippen LogP contribution in [0.15, 0.2) is 194 Å². The van der Waals surface area contributed by atoms with E-state index in [1.54, 1.807) is 11.1 Å². The van der Waals surface area contributed by atoms with Crippen molar-refractivity contribution in [2.75, 3.05) is 0 Å². The molecule has 0 N–H and O–H groups in total. The maximum atomic E-state index is 2.43. The number of aromatic nitrogens is 2. The van der Waals surface area contributed by atoms with Gasteiger partial charge in [-0.05, 0) is 145 Å². The first-order valence-corrected chi connectivity index (χ1v) is 30.9. The van der Waals surface area contributed by atoms with Crippen LogP contribution in [0.5, 0.6) is 0 Å². The molecule has 0 radical (unpaired) electrons. The van der Waals surface area contributed by atoms with Crippen molar-refractivity contribution in [3.63, 3.8) is 0 Å². The molecular formula is C68H58N2S5. The predicted octanol–water partition coefficient (Wildman–Crippen LogP) is 22.4. The topological polar surface area (TPSA) is 9.86 Å². The lowest BCUT2D eigenvalue weighted by atomic mass is 9.96. The molecule has 0 aliphatic carbocycles. The van der Waals surface area contributed by atoms with Gasteiger partial charge in [0.15, 0.2) is 0 Å². The zero-order valence-corrected chi connectivity index (χ0v) is 46.6. The molecule has 0 fully saturated rings. The van der Waals surface area contributed by atoms with Crippen molar-refractivity contribution in [2.45, 2.75) is 78.1 Å². The van der Waals surface area contributed by atoms with Crippen LogP contribution >= 0.6 is 56.7 Å². The smallest absolute Gasteiger partial charge is 0.0541 e. The van der Waals surface area contributed by atoms with Crippen molar-refractivity contribution in [3.05, 3.63) is 205 Å². The van der Waals surface area contributed by atoms with Gasteiger partial charge >= 0.3 is 0 Å². The van der Waals surface area contributed by atoms with E-state index in [2.05, 4.69) is 228 Å². The number of para-hydroxylation sites is 4. The Bertz CT molecular complexity index is 3730. The summed E-state index contributed by atoms with van der Waals surface area (Å²) >= 11 is 9.85. The molecule has 0 aliphatic rings. The SMILES string of the molecule is CCCCCCc1c(-c2ccc(-c3ccc(-c4ccc(-n5c6ccccc6c6ccccc65)cc4)s3)s2)sc(-c2ccc(-c3ccc(-c4ccc(-n5c6ccccc6c6ccccc65)cc4)s3)s2)c1CCCCCC. The highest BCUT2D eigenvalue weighted by atomic mass is 32.1. The van der Waals surface area contributed by atoms with Crippen molar-refractivity contribution in [1.29, 1.82) is 0 Å². The fraction of sp³-hybridized carbons (Fsp3) is 0.176. The molecule has 13 aromatic rings. The Morgan fingerprint density at radius 1 is 0.280 bits per heavy atom. The Morgan fingerprint density at radius 3 is 0.933 bits per heavy atom. The van der Waals surface area contributed by atoms with Crippen LogP contribution in [0, 0.1) is 0 Å². The van der Waals surface area contributed by atoms with Crippen LogP contribution in [0.3, 0.4) is 0 Å². The van der Waals surface area contributed by atoms with Gasteiger partial charge < -0.3 is 9.13 Å². The zero-order chi connectivity index (χ0) is 50.2. The van der Waals surface area contributed by atoms with Crippen LogP contribution in [-0.4, -0.2) is 9.13 Å². The van der Waals surface area contributed by atoms with E-state index in [1.807, 2.05) is 45.3 Å². The Hall–Kier alpha value is -6.58. The monoisotopic (exact) mass is 1060 g/mol. The van der Waals surface area contributed by atoms with Gasteiger partial charge in [0.1, 0.15) is 0 Å². The summed E-state index contributed by atoms with van der Waals surface area (Å²) < 4.78 is 4.80. The molecule has 0 amide bonds. The first-order chi connectivity index (χ1) is 37.1. The van der Waals surface area contributed by atoms with Crippen molar-refractivity contribution < 1.29 is 0 Å². The van der Waals surface area contributed by atoms with E-state index in [0.717, 1.165) is 12.8 Å². The molecule has 0 atom stereocenters. The third kappa shape index (κ3) is 9.17. The number of hydrogen-bond acceptors (Lipinski definition) is 5. The van der Waals surface area contributed by atoms with E-state index in [4.69, 9.17) is 0 Å². The van der Waals surface area contributed by atoms with Gasteiger partial charge in [-0.3, -0.25) is 0 Å². The lowest BCUT2D eigenvalue weighted by molar-refractivity contribution is 0.653. The highest BCUT2D eigenvalue weighted by Crippen LogP contribution is 2.51. The number of rotatable bonds is 18. The second-order valence-corrected chi connectivity index (χ2v) is 25.2. The van der Waals surface area contributed by atoms with Crippen LogP contribution in [0.4, 0.5) is 0 Å².